The summed E-state index contributed by atoms with van der Waals surface area (Å²) in [6.07, 6.45) is -3.17. The predicted octanol–water partition coefficient (Wildman–Crippen LogP) is -0.261. The number of aliphatic hydroxyl groups excluding tert-OH is 2. The number of hydrogen-bond donors (Lipinski definition) is 3. The van der Waals surface area contributed by atoms with Crippen molar-refractivity contribution < 1.29 is 19.8 Å². The van der Waals surface area contributed by atoms with E-state index < -0.39 is 23.9 Å². The summed E-state index contributed by atoms with van der Waals surface area (Å²) in [5.41, 5.74) is 0.362. The standard InChI is InChI=1S/C11H8N2O4/c12-4-7(14)9(15)5-2-1-3-6-8(5)10(16)11(17)13-6/h1-3,7,9,14-15H,(H,13,16,17). The van der Waals surface area contributed by atoms with Gasteiger partial charge in [0.15, 0.2) is 6.10 Å². The normalized spacial score (nSPS) is 17.0. The van der Waals surface area contributed by atoms with Crippen molar-refractivity contribution in [2.75, 3.05) is 5.32 Å². The smallest absolute Gasteiger partial charge is 0.296 e. The highest BCUT2D eigenvalue weighted by Crippen LogP contribution is 2.31. The number of anilines is 1. The molecule has 0 saturated carbocycles. The number of benzene rings is 1. The van der Waals surface area contributed by atoms with Gasteiger partial charge < -0.3 is 15.5 Å². The molecule has 3 N–H and O–H groups in total. The zero-order valence-corrected chi connectivity index (χ0v) is 8.54. The third kappa shape index (κ3) is 1.67. The number of rotatable bonds is 2. The number of fused-ring (bicyclic) bond motifs is 1. The van der Waals surface area contributed by atoms with E-state index in [1.165, 1.54) is 24.3 Å². The van der Waals surface area contributed by atoms with Crippen molar-refractivity contribution >= 4 is 17.4 Å². The number of nitrogens with zero attached hydrogens (tertiary/aromatic N) is 1. The first-order valence-electron chi connectivity index (χ1n) is 4.80. The molecule has 2 rings (SSSR count). The number of nitrogens with one attached hydrogen (secondary N) is 1. The largest absolute Gasteiger partial charge is 0.385 e. The third-order valence-electron chi connectivity index (χ3n) is 2.53. The number of carbonyl (C=O) groups is 2. The predicted molar refractivity (Wildman–Crippen MR) is 56.0 cm³/mol. The molecular formula is C11H8N2O4. The number of aliphatic hydroxyl groups is 2. The summed E-state index contributed by atoms with van der Waals surface area (Å²) in [5, 5.41) is 29.8. The van der Waals surface area contributed by atoms with Crippen molar-refractivity contribution in [1.29, 1.82) is 5.26 Å². The second kappa shape index (κ2) is 3.97. The first-order chi connectivity index (χ1) is 8.06. The zero-order valence-electron chi connectivity index (χ0n) is 8.54. The molecule has 6 heteroatoms. The summed E-state index contributed by atoms with van der Waals surface area (Å²) in [7, 11) is 0. The van der Waals surface area contributed by atoms with Gasteiger partial charge in [-0.1, -0.05) is 12.1 Å². The minimum Gasteiger partial charge on any atom is -0.385 e. The van der Waals surface area contributed by atoms with Crippen LogP contribution in [0.1, 0.15) is 22.0 Å². The Hall–Kier alpha value is -2.23. The van der Waals surface area contributed by atoms with Crippen LogP contribution in [0.3, 0.4) is 0 Å². The second-order valence-corrected chi connectivity index (χ2v) is 3.57. The van der Waals surface area contributed by atoms with Crippen molar-refractivity contribution in [3.63, 3.8) is 0 Å². The van der Waals surface area contributed by atoms with Gasteiger partial charge in [0.25, 0.3) is 11.7 Å². The monoisotopic (exact) mass is 232 g/mol. The minimum atomic E-state index is -1.65. The molecule has 1 aromatic rings. The number of Topliss-reactive ketones (excluding diaryl/α,β-unsaturated/α-hetero) is 1. The maximum absolute atomic E-state index is 11.5. The lowest BCUT2D eigenvalue weighted by Crippen LogP contribution is -2.19. The van der Waals surface area contributed by atoms with Crippen LogP contribution in [0.4, 0.5) is 5.69 Å². The fourth-order valence-electron chi connectivity index (χ4n) is 1.71. The molecule has 0 bridgehead atoms. The molecule has 1 heterocycles. The number of amides is 1. The highest BCUT2D eigenvalue weighted by molar-refractivity contribution is 6.52. The molecule has 6 nitrogen and oxygen atoms in total. The quantitative estimate of drug-likeness (QED) is 0.480. The van der Waals surface area contributed by atoms with E-state index in [0.29, 0.717) is 0 Å². The molecule has 86 valence electrons. The Kier molecular flexibility index (Phi) is 2.63. The summed E-state index contributed by atoms with van der Waals surface area (Å²) in [6.45, 7) is 0. The molecule has 0 fully saturated rings. The number of nitriles is 1. The molecule has 1 amide bonds. The maximum Gasteiger partial charge on any atom is 0.296 e. The molecule has 2 unspecified atom stereocenters. The lowest BCUT2D eigenvalue weighted by molar-refractivity contribution is -0.112. The van der Waals surface area contributed by atoms with E-state index in [0.717, 1.165) is 0 Å². The Labute approximate surface area is 96.1 Å². The number of hydrogen-bond acceptors (Lipinski definition) is 5. The Morgan fingerprint density at radius 2 is 2.00 bits per heavy atom. The Bertz CT molecular complexity index is 547. The lowest BCUT2D eigenvalue weighted by atomic mass is 9.96. The first-order valence-corrected chi connectivity index (χ1v) is 4.80. The highest BCUT2D eigenvalue weighted by Gasteiger charge is 2.33. The fraction of sp³-hybridized carbons (Fsp3) is 0.182. The van der Waals surface area contributed by atoms with Crippen LogP contribution < -0.4 is 5.32 Å². The molecule has 0 aliphatic carbocycles. The Balaban J connectivity index is 2.53. The van der Waals surface area contributed by atoms with Crippen LogP contribution in [0.2, 0.25) is 0 Å². The van der Waals surface area contributed by atoms with Crippen LogP contribution in [-0.4, -0.2) is 28.0 Å². The average Bonchev–Trinajstić information content (AvgIpc) is 2.63. The van der Waals surface area contributed by atoms with Crippen LogP contribution in [0, 0.1) is 11.3 Å². The number of carbonyl (C=O) groups excluding carboxylic acids is 2. The summed E-state index contributed by atoms with van der Waals surface area (Å²) < 4.78 is 0. The van der Waals surface area contributed by atoms with Gasteiger partial charge in [-0.25, -0.2) is 0 Å². The lowest BCUT2D eigenvalue weighted by Gasteiger charge is -2.14. The van der Waals surface area contributed by atoms with Gasteiger partial charge in [-0.05, 0) is 11.6 Å². The molecule has 1 aromatic carbocycles. The molecule has 0 saturated heterocycles. The second-order valence-electron chi connectivity index (χ2n) is 3.57. The van der Waals surface area contributed by atoms with Gasteiger partial charge in [0, 0.05) is 0 Å². The van der Waals surface area contributed by atoms with E-state index >= 15 is 0 Å². The Morgan fingerprint density at radius 1 is 1.29 bits per heavy atom. The third-order valence-corrected chi connectivity index (χ3v) is 2.53. The van der Waals surface area contributed by atoms with Crippen LogP contribution in [0.15, 0.2) is 18.2 Å². The molecular weight excluding hydrogens is 224 g/mol. The van der Waals surface area contributed by atoms with Gasteiger partial charge in [0.05, 0.1) is 17.3 Å². The van der Waals surface area contributed by atoms with Crippen molar-refractivity contribution in [2.45, 2.75) is 12.2 Å². The zero-order chi connectivity index (χ0) is 12.6. The van der Waals surface area contributed by atoms with Gasteiger partial charge in [-0.3, -0.25) is 9.59 Å². The summed E-state index contributed by atoms with van der Waals surface area (Å²) in [4.78, 5) is 22.7. The molecule has 17 heavy (non-hydrogen) atoms. The van der Waals surface area contributed by atoms with Crippen molar-refractivity contribution in [3.8, 4) is 6.07 Å². The van der Waals surface area contributed by atoms with Gasteiger partial charge in [-0.15, -0.1) is 0 Å². The van der Waals surface area contributed by atoms with E-state index in [4.69, 9.17) is 5.26 Å². The maximum atomic E-state index is 11.5. The van der Waals surface area contributed by atoms with Crippen molar-refractivity contribution in [3.05, 3.63) is 29.3 Å². The van der Waals surface area contributed by atoms with E-state index in [-0.39, 0.29) is 16.8 Å². The van der Waals surface area contributed by atoms with Crippen LogP contribution >= 0.6 is 0 Å². The molecule has 1 aliphatic rings. The van der Waals surface area contributed by atoms with Crippen LogP contribution in [0.5, 0.6) is 0 Å². The Morgan fingerprint density at radius 3 is 2.65 bits per heavy atom. The summed E-state index contributed by atoms with van der Waals surface area (Å²) >= 11 is 0. The SMILES string of the molecule is N#CC(O)C(O)c1cccc2c1C(=O)C(=O)N2. The molecule has 0 radical (unpaired) electrons. The number of ketones is 1. The molecule has 0 aromatic heterocycles. The van der Waals surface area contributed by atoms with Gasteiger partial charge in [0.1, 0.15) is 6.10 Å². The van der Waals surface area contributed by atoms with E-state index in [1.54, 1.807) is 0 Å². The van der Waals surface area contributed by atoms with Crippen LogP contribution in [0.25, 0.3) is 0 Å². The van der Waals surface area contributed by atoms with E-state index in [2.05, 4.69) is 5.32 Å². The minimum absolute atomic E-state index is 0.0132. The van der Waals surface area contributed by atoms with Crippen molar-refractivity contribution in [2.24, 2.45) is 0 Å². The average molecular weight is 232 g/mol. The summed E-state index contributed by atoms with van der Waals surface area (Å²) in [6, 6.07) is 5.88. The van der Waals surface area contributed by atoms with Crippen LogP contribution in [-0.2, 0) is 4.79 Å². The highest BCUT2D eigenvalue weighted by atomic mass is 16.3. The topological polar surface area (TPSA) is 110 Å². The first kappa shape index (κ1) is 11.3. The molecule has 2 atom stereocenters. The molecule has 1 aliphatic heterocycles. The summed E-state index contributed by atoms with van der Waals surface area (Å²) in [5.74, 6) is -1.56. The van der Waals surface area contributed by atoms with Gasteiger partial charge in [-0.2, -0.15) is 5.26 Å². The van der Waals surface area contributed by atoms with Gasteiger partial charge >= 0.3 is 0 Å². The van der Waals surface area contributed by atoms with E-state index in [9.17, 15) is 19.8 Å². The molecule has 0 spiro atoms. The van der Waals surface area contributed by atoms with E-state index in [1.807, 2.05) is 0 Å². The fourth-order valence-corrected chi connectivity index (χ4v) is 1.71. The van der Waals surface area contributed by atoms with Crippen molar-refractivity contribution in [1.82, 2.24) is 0 Å². The van der Waals surface area contributed by atoms with Gasteiger partial charge in [0.2, 0.25) is 0 Å².